The molecule has 1 atom stereocenters. The van der Waals surface area contributed by atoms with Gasteiger partial charge < -0.3 is 10.5 Å². The average Bonchev–Trinajstić information content (AvgIpc) is 3.16. The van der Waals surface area contributed by atoms with E-state index in [0.29, 0.717) is 18.2 Å². The Hall–Kier alpha value is -2.44. The number of thiazole rings is 1. The van der Waals surface area contributed by atoms with Gasteiger partial charge in [-0.25, -0.2) is 9.97 Å². The zero-order valence-corrected chi connectivity index (χ0v) is 18.1. The van der Waals surface area contributed by atoms with E-state index in [0.717, 1.165) is 58.2 Å². The minimum atomic E-state index is 0.330. The van der Waals surface area contributed by atoms with Crippen molar-refractivity contribution in [2.75, 3.05) is 6.61 Å². The fraction of sp³-hybridized carbons (Fsp3) is 0.391. The van der Waals surface area contributed by atoms with Crippen LogP contribution in [0, 0.1) is 18.3 Å². The lowest BCUT2D eigenvalue weighted by molar-refractivity contribution is 0.234. The van der Waals surface area contributed by atoms with Crippen molar-refractivity contribution in [1.29, 1.82) is 5.41 Å². The lowest BCUT2D eigenvalue weighted by atomic mass is 9.94. The summed E-state index contributed by atoms with van der Waals surface area (Å²) in [7, 11) is 0. The molecule has 0 aromatic carbocycles. The Morgan fingerprint density at radius 1 is 1.21 bits per heavy atom. The number of rotatable bonds is 4. The van der Waals surface area contributed by atoms with Crippen LogP contribution in [-0.2, 0) is 6.42 Å². The van der Waals surface area contributed by atoms with Crippen LogP contribution in [0.2, 0.25) is 0 Å². The molecule has 3 aromatic heterocycles. The van der Waals surface area contributed by atoms with Gasteiger partial charge in [-0.3, -0.25) is 4.98 Å². The number of nitrogens with zero attached hydrogens (tertiary/aromatic N) is 3. The van der Waals surface area contributed by atoms with Crippen LogP contribution in [0.4, 0.5) is 0 Å². The van der Waals surface area contributed by atoms with Crippen LogP contribution in [0.25, 0.3) is 21.1 Å². The van der Waals surface area contributed by atoms with Gasteiger partial charge in [0, 0.05) is 24.6 Å². The van der Waals surface area contributed by atoms with E-state index < -0.39 is 0 Å². The first-order valence-electron chi connectivity index (χ1n) is 10.1. The maximum absolute atomic E-state index is 8.33. The van der Waals surface area contributed by atoms with E-state index in [1.54, 1.807) is 17.5 Å². The maximum atomic E-state index is 8.33. The first-order chi connectivity index (χ1) is 14.0. The molecule has 0 spiro atoms. The number of nitrogens with one attached hydrogen (secondary N) is 1. The van der Waals surface area contributed by atoms with Crippen LogP contribution in [0.15, 0.2) is 36.7 Å². The molecule has 0 bridgehead atoms. The highest BCUT2D eigenvalue weighted by Crippen LogP contribution is 2.35. The lowest BCUT2D eigenvalue weighted by Crippen LogP contribution is -2.13. The summed E-state index contributed by atoms with van der Waals surface area (Å²) < 4.78 is 0. The molecule has 0 aliphatic heterocycles. The van der Waals surface area contributed by atoms with Gasteiger partial charge in [-0.1, -0.05) is 26.3 Å². The summed E-state index contributed by atoms with van der Waals surface area (Å²) in [5, 5.41) is 17.4. The van der Waals surface area contributed by atoms with Crippen molar-refractivity contribution in [3.8, 4) is 21.1 Å². The molecule has 3 aromatic rings. The highest BCUT2D eigenvalue weighted by Gasteiger charge is 2.19. The van der Waals surface area contributed by atoms with Crippen molar-refractivity contribution in [2.24, 2.45) is 5.92 Å². The molecule has 1 unspecified atom stereocenters. The Morgan fingerprint density at radius 2 is 2.03 bits per heavy atom. The zero-order valence-electron chi connectivity index (χ0n) is 17.3. The fourth-order valence-electron chi connectivity index (χ4n) is 3.03. The number of aromatic nitrogens is 3. The van der Waals surface area contributed by atoms with E-state index in [1.807, 2.05) is 32.2 Å². The second kappa shape index (κ2) is 9.85. The largest absolute Gasteiger partial charge is 0.396 e. The second-order valence-corrected chi connectivity index (χ2v) is 8.41. The van der Waals surface area contributed by atoms with Crippen LogP contribution >= 0.6 is 11.3 Å². The molecule has 4 rings (SSSR count). The van der Waals surface area contributed by atoms with E-state index in [9.17, 15) is 0 Å². The standard InChI is InChI=1S/C18H16N4S.C5H12O/c1-11-17(23-18(21-11)13-5-3-9-20-10-13)15-8-7-12-4-2-6-14(19)16(12)22-15;1-3-5(2)4-6/h3,5,7-10,19H,2,4,6H2,1H3;5-6H,3-4H2,1-2H3. The van der Waals surface area contributed by atoms with Crippen molar-refractivity contribution < 1.29 is 5.11 Å². The third-order valence-electron chi connectivity index (χ3n) is 5.08. The van der Waals surface area contributed by atoms with Crippen molar-refractivity contribution >= 4 is 17.0 Å². The molecular formula is C23H28N4OS. The smallest absolute Gasteiger partial charge is 0.125 e. The third kappa shape index (κ3) is 5.14. The Kier molecular flexibility index (Phi) is 7.23. The molecule has 6 heteroatoms. The van der Waals surface area contributed by atoms with E-state index in [4.69, 9.17) is 15.5 Å². The van der Waals surface area contributed by atoms with Gasteiger partial charge in [-0.05, 0) is 55.9 Å². The number of aliphatic hydroxyl groups excluding tert-OH is 1. The molecule has 0 radical (unpaired) electrons. The highest BCUT2D eigenvalue weighted by molar-refractivity contribution is 7.18. The molecule has 0 amide bonds. The summed E-state index contributed by atoms with van der Waals surface area (Å²) in [6.45, 7) is 6.44. The number of pyridine rings is 2. The van der Waals surface area contributed by atoms with Crippen molar-refractivity contribution in [3.05, 3.63) is 53.6 Å². The van der Waals surface area contributed by atoms with Gasteiger partial charge >= 0.3 is 0 Å². The number of hydrogen-bond donors (Lipinski definition) is 2. The predicted molar refractivity (Wildman–Crippen MR) is 120 cm³/mol. The second-order valence-electron chi connectivity index (χ2n) is 7.41. The quantitative estimate of drug-likeness (QED) is 0.613. The SMILES string of the molecule is CCC(C)CO.Cc1nc(-c2cccnc2)sc1-c1ccc2c(n1)C(=N)CCC2. The Morgan fingerprint density at radius 3 is 2.69 bits per heavy atom. The molecule has 3 heterocycles. The van der Waals surface area contributed by atoms with Crippen molar-refractivity contribution in [3.63, 3.8) is 0 Å². The summed E-state index contributed by atoms with van der Waals surface area (Å²) in [5.41, 5.74) is 5.63. The number of hydrogen-bond acceptors (Lipinski definition) is 6. The fourth-order valence-corrected chi connectivity index (χ4v) is 4.05. The zero-order chi connectivity index (χ0) is 20.8. The minimum absolute atomic E-state index is 0.330. The highest BCUT2D eigenvalue weighted by atomic mass is 32.1. The van der Waals surface area contributed by atoms with Crippen LogP contribution in [0.1, 0.15) is 50.1 Å². The number of aryl methyl sites for hydroxylation is 2. The van der Waals surface area contributed by atoms with E-state index in [2.05, 4.69) is 29.0 Å². The average molecular weight is 409 g/mol. The van der Waals surface area contributed by atoms with Crippen LogP contribution in [0.5, 0.6) is 0 Å². The Balaban J connectivity index is 0.000000353. The van der Waals surface area contributed by atoms with Crippen LogP contribution < -0.4 is 0 Å². The number of aliphatic hydroxyl groups is 1. The molecule has 1 aliphatic rings. The molecule has 0 fully saturated rings. The summed E-state index contributed by atoms with van der Waals surface area (Å²) in [4.78, 5) is 14.7. The summed E-state index contributed by atoms with van der Waals surface area (Å²) in [5.74, 6) is 0.491. The predicted octanol–water partition coefficient (Wildman–Crippen LogP) is 5.30. The monoisotopic (exact) mass is 408 g/mol. The molecule has 2 N–H and O–H groups in total. The lowest BCUT2D eigenvalue weighted by Gasteiger charge is -2.16. The van der Waals surface area contributed by atoms with E-state index in [-0.39, 0.29) is 0 Å². The Labute approximate surface area is 176 Å². The molecule has 5 nitrogen and oxygen atoms in total. The summed E-state index contributed by atoms with van der Waals surface area (Å²) in [6.07, 6.45) is 7.58. The molecule has 0 saturated heterocycles. The van der Waals surface area contributed by atoms with Gasteiger partial charge in [-0.15, -0.1) is 11.3 Å². The van der Waals surface area contributed by atoms with E-state index >= 15 is 0 Å². The topological polar surface area (TPSA) is 82.8 Å². The van der Waals surface area contributed by atoms with Gasteiger partial charge in [0.15, 0.2) is 0 Å². The van der Waals surface area contributed by atoms with Crippen LogP contribution in [0.3, 0.4) is 0 Å². The van der Waals surface area contributed by atoms with Crippen LogP contribution in [-0.4, -0.2) is 32.4 Å². The molecular weight excluding hydrogens is 380 g/mol. The first kappa shape index (κ1) is 21.3. The number of fused-ring (bicyclic) bond motifs is 1. The third-order valence-corrected chi connectivity index (χ3v) is 6.31. The van der Waals surface area contributed by atoms with Gasteiger partial charge in [-0.2, -0.15) is 0 Å². The van der Waals surface area contributed by atoms with Crippen molar-refractivity contribution in [2.45, 2.75) is 46.5 Å². The molecule has 0 saturated carbocycles. The van der Waals surface area contributed by atoms with Gasteiger partial charge in [0.25, 0.3) is 0 Å². The van der Waals surface area contributed by atoms with Gasteiger partial charge in [0.2, 0.25) is 0 Å². The van der Waals surface area contributed by atoms with Crippen molar-refractivity contribution in [1.82, 2.24) is 15.0 Å². The van der Waals surface area contributed by atoms with Gasteiger partial charge in [0.1, 0.15) is 5.01 Å². The maximum Gasteiger partial charge on any atom is 0.125 e. The van der Waals surface area contributed by atoms with E-state index in [1.165, 1.54) is 5.56 Å². The normalized spacial score (nSPS) is 14.0. The molecule has 1 aliphatic carbocycles. The minimum Gasteiger partial charge on any atom is -0.396 e. The molecule has 29 heavy (non-hydrogen) atoms. The summed E-state index contributed by atoms with van der Waals surface area (Å²) >= 11 is 1.63. The van der Waals surface area contributed by atoms with Gasteiger partial charge in [0.05, 0.1) is 27.7 Å². The molecule has 152 valence electrons. The summed E-state index contributed by atoms with van der Waals surface area (Å²) in [6, 6.07) is 8.12. The first-order valence-corrected chi connectivity index (χ1v) is 10.9. The Bertz CT molecular complexity index is 964.